The summed E-state index contributed by atoms with van der Waals surface area (Å²) in [6, 6.07) is -0.633. The van der Waals surface area contributed by atoms with E-state index in [2.05, 4.69) is 31.3 Å². The molecule has 6 heteroatoms. The minimum Gasteiger partial charge on any atom is -0.466 e. The molecule has 2 unspecified atom stereocenters. The Hall–Kier alpha value is -1.66. The highest BCUT2D eigenvalue weighted by atomic mass is 16.5. The summed E-state index contributed by atoms with van der Waals surface area (Å²) in [5.74, 6) is -0.0625. The van der Waals surface area contributed by atoms with Gasteiger partial charge in [-0.25, -0.2) is 0 Å². The number of ether oxygens (including phenoxy) is 1. The molecule has 0 fully saturated rings. The third kappa shape index (κ3) is 55.7. The second kappa shape index (κ2) is 59.9. The highest BCUT2D eigenvalue weighted by molar-refractivity contribution is 5.76. The molecule has 0 aromatic carbocycles. The molecule has 0 saturated heterocycles. The minimum atomic E-state index is -0.849. The number of esters is 1. The number of carbonyl (C=O) groups is 2. The van der Waals surface area contributed by atoms with Crippen LogP contribution in [0.1, 0.15) is 348 Å². The van der Waals surface area contributed by atoms with Gasteiger partial charge in [0, 0.05) is 12.8 Å². The van der Waals surface area contributed by atoms with E-state index in [0.717, 1.165) is 44.9 Å². The summed E-state index contributed by atoms with van der Waals surface area (Å²) in [5, 5.41) is 23.2. The number of rotatable bonds is 59. The molecule has 0 heterocycles. The average Bonchev–Trinajstić information content (AvgIpc) is 3.36. The van der Waals surface area contributed by atoms with Crippen molar-refractivity contribution in [3.05, 3.63) is 24.3 Å². The first-order valence-corrected chi connectivity index (χ1v) is 31.6. The van der Waals surface area contributed by atoms with Gasteiger partial charge in [0.05, 0.1) is 25.4 Å². The molecule has 2 atom stereocenters. The van der Waals surface area contributed by atoms with Crippen molar-refractivity contribution in [2.24, 2.45) is 0 Å². The van der Waals surface area contributed by atoms with Crippen molar-refractivity contribution < 1.29 is 24.5 Å². The first kappa shape index (κ1) is 68.3. The predicted octanol–water partition coefficient (Wildman–Crippen LogP) is 19.8. The first-order valence-electron chi connectivity index (χ1n) is 31.6. The molecular formula is C64H123NO5. The Labute approximate surface area is 437 Å². The van der Waals surface area contributed by atoms with Crippen LogP contribution in [0.15, 0.2) is 24.3 Å². The minimum absolute atomic E-state index is 0.00946. The van der Waals surface area contributed by atoms with Crippen LogP contribution in [0.4, 0.5) is 0 Å². The van der Waals surface area contributed by atoms with E-state index in [4.69, 9.17) is 4.74 Å². The lowest BCUT2D eigenvalue weighted by atomic mass is 10.0. The number of unbranched alkanes of at least 4 members (excludes halogenated alkanes) is 46. The lowest BCUT2D eigenvalue weighted by Gasteiger charge is -2.20. The van der Waals surface area contributed by atoms with Gasteiger partial charge in [0.15, 0.2) is 0 Å². The number of carbonyl (C=O) groups excluding carboxylic acids is 2. The van der Waals surface area contributed by atoms with E-state index in [1.807, 2.05) is 6.08 Å². The summed E-state index contributed by atoms with van der Waals surface area (Å²) >= 11 is 0. The summed E-state index contributed by atoms with van der Waals surface area (Å²) in [6.07, 6.45) is 73.6. The van der Waals surface area contributed by atoms with Gasteiger partial charge in [-0.1, -0.05) is 301 Å². The van der Waals surface area contributed by atoms with Gasteiger partial charge in [-0.3, -0.25) is 9.59 Å². The lowest BCUT2D eigenvalue weighted by molar-refractivity contribution is -0.143. The van der Waals surface area contributed by atoms with Crippen molar-refractivity contribution >= 4 is 11.9 Å². The van der Waals surface area contributed by atoms with Crippen LogP contribution >= 0.6 is 0 Å². The van der Waals surface area contributed by atoms with E-state index in [1.165, 1.54) is 276 Å². The summed E-state index contributed by atoms with van der Waals surface area (Å²) in [6.45, 7) is 4.92. The van der Waals surface area contributed by atoms with Gasteiger partial charge in [0.2, 0.25) is 5.91 Å². The molecule has 0 aliphatic carbocycles. The van der Waals surface area contributed by atoms with Crippen LogP contribution in [0.2, 0.25) is 0 Å². The van der Waals surface area contributed by atoms with Crippen LogP contribution in [0, 0.1) is 0 Å². The quantitative estimate of drug-likeness (QED) is 0.0321. The van der Waals surface area contributed by atoms with Crippen LogP contribution in [-0.2, 0) is 14.3 Å². The molecule has 414 valence electrons. The maximum atomic E-state index is 12.5. The fraction of sp³-hybridized carbons (Fsp3) is 0.906. The average molecular weight is 987 g/mol. The summed E-state index contributed by atoms with van der Waals surface area (Å²) in [4.78, 5) is 24.5. The summed E-state index contributed by atoms with van der Waals surface area (Å²) in [5.41, 5.74) is 0. The molecule has 0 bridgehead atoms. The van der Waals surface area contributed by atoms with Crippen LogP contribution in [0.5, 0.6) is 0 Å². The Balaban J connectivity index is 3.45. The molecule has 6 nitrogen and oxygen atoms in total. The van der Waals surface area contributed by atoms with E-state index in [1.54, 1.807) is 6.08 Å². The Kier molecular flexibility index (Phi) is 58.5. The molecule has 0 spiro atoms. The molecule has 70 heavy (non-hydrogen) atoms. The maximum absolute atomic E-state index is 12.5. The smallest absolute Gasteiger partial charge is 0.305 e. The van der Waals surface area contributed by atoms with Gasteiger partial charge in [0.1, 0.15) is 0 Å². The monoisotopic (exact) mass is 986 g/mol. The third-order valence-electron chi connectivity index (χ3n) is 14.7. The number of allylic oxidation sites excluding steroid dienone is 3. The fourth-order valence-electron chi connectivity index (χ4n) is 9.87. The van der Waals surface area contributed by atoms with Crippen molar-refractivity contribution in [2.45, 2.75) is 360 Å². The molecule has 3 N–H and O–H groups in total. The van der Waals surface area contributed by atoms with Gasteiger partial charge in [-0.05, 0) is 57.8 Å². The van der Waals surface area contributed by atoms with Crippen LogP contribution < -0.4 is 5.32 Å². The number of aliphatic hydroxyl groups excluding tert-OH is 2. The Morgan fingerprint density at radius 3 is 1.01 bits per heavy atom. The predicted molar refractivity (Wildman–Crippen MR) is 306 cm³/mol. The third-order valence-corrected chi connectivity index (χ3v) is 14.7. The van der Waals surface area contributed by atoms with Gasteiger partial charge >= 0.3 is 5.97 Å². The Bertz CT molecular complexity index is 1090. The van der Waals surface area contributed by atoms with Gasteiger partial charge in [0.25, 0.3) is 0 Å². The Morgan fingerprint density at radius 1 is 0.386 bits per heavy atom. The van der Waals surface area contributed by atoms with Crippen molar-refractivity contribution in [1.82, 2.24) is 5.32 Å². The van der Waals surface area contributed by atoms with Crippen molar-refractivity contribution in [3.8, 4) is 0 Å². The molecule has 1 amide bonds. The molecule has 0 rings (SSSR count). The molecule has 0 saturated carbocycles. The maximum Gasteiger partial charge on any atom is 0.305 e. The van der Waals surface area contributed by atoms with E-state index in [-0.39, 0.29) is 18.5 Å². The highest BCUT2D eigenvalue weighted by Crippen LogP contribution is 2.17. The van der Waals surface area contributed by atoms with Crippen molar-refractivity contribution in [1.29, 1.82) is 0 Å². The topological polar surface area (TPSA) is 95.9 Å². The second-order valence-corrected chi connectivity index (χ2v) is 21.7. The van der Waals surface area contributed by atoms with Gasteiger partial charge in [-0.2, -0.15) is 0 Å². The molecular weight excluding hydrogens is 863 g/mol. The van der Waals surface area contributed by atoms with Crippen LogP contribution in [0.3, 0.4) is 0 Å². The van der Waals surface area contributed by atoms with Crippen LogP contribution in [0.25, 0.3) is 0 Å². The SMILES string of the molecule is CCCCCCCCCCCCCCCCCCCC/C=C/C(O)C(CO)NC(=O)CCCCCCCCC/C=C\CCCCCCCCCCCCCOC(=O)CCCCCCCCCCCCC. The molecule has 0 aliphatic heterocycles. The lowest BCUT2D eigenvalue weighted by Crippen LogP contribution is -2.45. The number of hydrogen-bond acceptors (Lipinski definition) is 5. The zero-order valence-electron chi connectivity index (χ0n) is 47.3. The standard InChI is InChI=1S/C64H123NO5/c1-3-5-7-9-11-13-15-16-17-18-19-24-27-30-33-37-40-44-48-52-56-62(67)61(60-66)65-63(68)57-53-49-45-41-38-34-31-28-25-22-20-21-23-26-29-32-35-39-43-47-51-55-59-70-64(69)58-54-50-46-42-36-14-12-10-8-6-4-2/h22,25,52,56,61-62,66-67H,3-21,23-24,26-51,53-55,57-60H2,1-2H3,(H,65,68)/b25-22-,56-52+. The number of aliphatic hydroxyl groups is 2. The normalized spacial score (nSPS) is 12.7. The largest absolute Gasteiger partial charge is 0.466 e. The first-order chi connectivity index (χ1) is 34.5. The van der Waals surface area contributed by atoms with Gasteiger partial charge in [-0.15, -0.1) is 0 Å². The molecule has 0 aromatic heterocycles. The second-order valence-electron chi connectivity index (χ2n) is 21.7. The highest BCUT2D eigenvalue weighted by Gasteiger charge is 2.18. The molecule has 0 aliphatic rings. The zero-order chi connectivity index (χ0) is 50.7. The van der Waals surface area contributed by atoms with E-state index < -0.39 is 12.1 Å². The zero-order valence-corrected chi connectivity index (χ0v) is 47.3. The molecule has 0 radical (unpaired) electrons. The van der Waals surface area contributed by atoms with Crippen LogP contribution in [-0.4, -0.2) is 47.4 Å². The van der Waals surface area contributed by atoms with E-state index in [0.29, 0.717) is 19.4 Å². The number of nitrogens with one attached hydrogen (secondary N) is 1. The van der Waals surface area contributed by atoms with E-state index >= 15 is 0 Å². The van der Waals surface area contributed by atoms with Gasteiger partial charge < -0.3 is 20.3 Å². The van der Waals surface area contributed by atoms with E-state index in [9.17, 15) is 19.8 Å². The van der Waals surface area contributed by atoms with Crippen molar-refractivity contribution in [2.75, 3.05) is 13.2 Å². The molecule has 0 aromatic rings. The fourth-order valence-corrected chi connectivity index (χ4v) is 9.87. The van der Waals surface area contributed by atoms with Crippen molar-refractivity contribution in [3.63, 3.8) is 0 Å². The summed E-state index contributed by atoms with van der Waals surface area (Å²) < 4.78 is 5.46. The number of hydrogen-bond donors (Lipinski definition) is 3. The number of amides is 1. The summed E-state index contributed by atoms with van der Waals surface area (Å²) in [7, 11) is 0. The Morgan fingerprint density at radius 2 is 0.671 bits per heavy atom.